The quantitative estimate of drug-likeness (QED) is 0.641. The molecule has 0 heterocycles. The van der Waals surface area contributed by atoms with Gasteiger partial charge >= 0.3 is 0 Å². The van der Waals surface area contributed by atoms with Crippen molar-refractivity contribution in [3.63, 3.8) is 0 Å². The number of halogens is 2. The highest BCUT2D eigenvalue weighted by Gasteiger charge is 2.30. The van der Waals surface area contributed by atoms with Gasteiger partial charge in [0.25, 0.3) is 0 Å². The fourth-order valence-corrected chi connectivity index (χ4v) is 2.54. The summed E-state index contributed by atoms with van der Waals surface area (Å²) >= 11 is 13.3. The molecule has 1 atom stereocenters. The molecule has 0 fully saturated rings. The lowest BCUT2D eigenvalue weighted by Gasteiger charge is -2.20. The Labute approximate surface area is 116 Å². The lowest BCUT2D eigenvalue weighted by molar-refractivity contribution is -0.117. The summed E-state index contributed by atoms with van der Waals surface area (Å²) in [4.78, 5) is 11.0. The average Bonchev–Trinajstić information content (AvgIpc) is 2.30. The van der Waals surface area contributed by atoms with Crippen LogP contribution in [0.5, 0.6) is 0 Å². The lowest BCUT2D eigenvalue weighted by Crippen LogP contribution is -2.37. The largest absolute Gasteiger partial charge is 0.325 e. The molecule has 0 saturated carbocycles. The average molecular weight is 292 g/mol. The van der Waals surface area contributed by atoms with Gasteiger partial charge < -0.3 is 5.32 Å². The second-order valence-electron chi connectivity index (χ2n) is 3.76. The second kappa shape index (κ2) is 7.14. The minimum atomic E-state index is -0.910. The van der Waals surface area contributed by atoms with E-state index >= 15 is 0 Å². The number of alkyl halides is 2. The highest BCUT2D eigenvalue weighted by molar-refractivity contribution is 7.99. The molecule has 0 saturated heterocycles. The summed E-state index contributed by atoms with van der Waals surface area (Å²) in [5.41, 5.74) is 0.756. The predicted octanol–water partition coefficient (Wildman–Crippen LogP) is 3.59. The Balaban J connectivity index is 2.51. The molecule has 1 amide bonds. The van der Waals surface area contributed by atoms with E-state index in [0.29, 0.717) is 11.6 Å². The van der Waals surface area contributed by atoms with Crippen molar-refractivity contribution in [2.24, 2.45) is 0 Å². The Morgan fingerprint density at radius 2 is 2.06 bits per heavy atom. The number of carbonyl (C=O) groups is 1. The molecule has 1 N–H and O–H groups in total. The van der Waals surface area contributed by atoms with Gasteiger partial charge in [0, 0.05) is 23.1 Å². The van der Waals surface area contributed by atoms with Gasteiger partial charge in [0.15, 0.2) is 0 Å². The van der Waals surface area contributed by atoms with Gasteiger partial charge in [-0.25, -0.2) is 0 Å². The van der Waals surface area contributed by atoms with Crippen molar-refractivity contribution in [2.75, 3.05) is 22.7 Å². The lowest BCUT2D eigenvalue weighted by atomic mass is 10.2. The van der Waals surface area contributed by atoms with Gasteiger partial charge in [0.05, 0.1) is 0 Å². The maximum Gasteiger partial charge on any atom is 0.246 e. The zero-order valence-corrected chi connectivity index (χ0v) is 11.9. The standard InChI is InChI=1S/C12H15Cl2NOS/c1-12(14,9-17-8-7-13)11(16)15-10-5-3-2-4-6-10/h2-6H,7-9H2,1H3,(H,15,16). The first-order valence-electron chi connectivity index (χ1n) is 5.25. The number of para-hydroxylation sites is 1. The Hall–Kier alpha value is -0.380. The van der Waals surface area contributed by atoms with Crippen molar-refractivity contribution >= 4 is 46.6 Å². The molecule has 0 spiro atoms. The first-order chi connectivity index (χ1) is 8.06. The summed E-state index contributed by atoms with van der Waals surface area (Å²) in [5.74, 6) is 1.72. The van der Waals surface area contributed by atoms with E-state index < -0.39 is 4.87 Å². The van der Waals surface area contributed by atoms with Crippen LogP contribution in [0.4, 0.5) is 5.69 Å². The van der Waals surface area contributed by atoms with Crippen molar-refractivity contribution in [2.45, 2.75) is 11.8 Å². The van der Waals surface area contributed by atoms with Gasteiger partial charge in [-0.15, -0.1) is 23.2 Å². The van der Waals surface area contributed by atoms with E-state index in [9.17, 15) is 4.79 Å². The van der Waals surface area contributed by atoms with E-state index in [4.69, 9.17) is 23.2 Å². The van der Waals surface area contributed by atoms with E-state index in [2.05, 4.69) is 5.32 Å². The molecule has 1 rings (SSSR count). The van der Waals surface area contributed by atoms with Crippen LogP contribution in [0.1, 0.15) is 6.92 Å². The molecule has 94 valence electrons. The first-order valence-corrected chi connectivity index (χ1v) is 7.32. The number of thioether (sulfide) groups is 1. The van der Waals surface area contributed by atoms with E-state index in [1.165, 1.54) is 0 Å². The third-order valence-corrected chi connectivity index (χ3v) is 4.25. The summed E-state index contributed by atoms with van der Waals surface area (Å²) in [5, 5.41) is 2.79. The molecule has 17 heavy (non-hydrogen) atoms. The predicted molar refractivity (Wildman–Crippen MR) is 77.4 cm³/mol. The minimum absolute atomic E-state index is 0.188. The van der Waals surface area contributed by atoms with Gasteiger partial charge in [0.1, 0.15) is 4.87 Å². The van der Waals surface area contributed by atoms with Crippen LogP contribution in [-0.2, 0) is 4.79 Å². The van der Waals surface area contributed by atoms with Gasteiger partial charge in [-0.3, -0.25) is 4.79 Å². The summed E-state index contributed by atoms with van der Waals surface area (Å²) in [6, 6.07) is 9.28. The SMILES string of the molecule is CC(Cl)(CSCCCl)C(=O)Nc1ccccc1. The monoisotopic (exact) mass is 291 g/mol. The molecule has 0 aliphatic carbocycles. The van der Waals surface area contributed by atoms with Crippen molar-refractivity contribution in [3.05, 3.63) is 30.3 Å². The molecule has 0 aliphatic rings. The fourth-order valence-electron chi connectivity index (χ4n) is 1.17. The molecular weight excluding hydrogens is 277 g/mol. The molecular formula is C12H15Cl2NOS. The summed E-state index contributed by atoms with van der Waals surface area (Å²) in [7, 11) is 0. The normalized spacial score (nSPS) is 14.1. The van der Waals surface area contributed by atoms with E-state index in [1.54, 1.807) is 18.7 Å². The topological polar surface area (TPSA) is 29.1 Å². The number of carbonyl (C=O) groups excluding carboxylic acids is 1. The van der Waals surface area contributed by atoms with Crippen LogP contribution in [0.25, 0.3) is 0 Å². The Morgan fingerprint density at radius 1 is 1.41 bits per heavy atom. The van der Waals surface area contributed by atoms with Crippen LogP contribution in [0.15, 0.2) is 30.3 Å². The van der Waals surface area contributed by atoms with Crippen LogP contribution in [0, 0.1) is 0 Å². The van der Waals surface area contributed by atoms with Gasteiger partial charge in [-0.05, 0) is 19.1 Å². The van der Waals surface area contributed by atoms with Crippen LogP contribution >= 0.6 is 35.0 Å². The third kappa shape index (κ3) is 5.19. The van der Waals surface area contributed by atoms with Crippen molar-refractivity contribution < 1.29 is 4.79 Å². The number of hydrogen-bond acceptors (Lipinski definition) is 2. The molecule has 1 unspecified atom stereocenters. The fraction of sp³-hybridized carbons (Fsp3) is 0.417. The van der Waals surface area contributed by atoms with Crippen LogP contribution in [0.3, 0.4) is 0 Å². The van der Waals surface area contributed by atoms with Crippen LogP contribution in [-0.4, -0.2) is 28.2 Å². The van der Waals surface area contributed by atoms with Crippen molar-refractivity contribution in [1.82, 2.24) is 0 Å². The maximum absolute atomic E-state index is 11.9. The molecule has 0 bridgehead atoms. The number of amides is 1. The van der Waals surface area contributed by atoms with Crippen molar-refractivity contribution in [3.8, 4) is 0 Å². The number of rotatable bonds is 6. The molecule has 0 aliphatic heterocycles. The molecule has 5 heteroatoms. The Morgan fingerprint density at radius 3 is 2.65 bits per heavy atom. The third-order valence-electron chi connectivity index (χ3n) is 2.10. The van der Waals surface area contributed by atoms with Gasteiger partial charge in [-0.1, -0.05) is 18.2 Å². The van der Waals surface area contributed by atoms with Crippen molar-refractivity contribution in [1.29, 1.82) is 0 Å². The second-order valence-corrected chi connectivity index (χ2v) is 6.08. The maximum atomic E-state index is 11.9. The molecule has 1 aromatic carbocycles. The Bertz CT molecular complexity index is 357. The zero-order valence-electron chi connectivity index (χ0n) is 9.58. The van der Waals surface area contributed by atoms with Gasteiger partial charge in [0.2, 0.25) is 5.91 Å². The Kier molecular flexibility index (Phi) is 6.17. The summed E-state index contributed by atoms with van der Waals surface area (Å²) < 4.78 is 0. The highest BCUT2D eigenvalue weighted by Crippen LogP contribution is 2.23. The van der Waals surface area contributed by atoms with Crippen LogP contribution < -0.4 is 5.32 Å². The number of nitrogens with one attached hydrogen (secondary N) is 1. The van der Waals surface area contributed by atoms with Gasteiger partial charge in [-0.2, -0.15) is 11.8 Å². The molecule has 0 radical (unpaired) electrons. The highest BCUT2D eigenvalue weighted by atomic mass is 35.5. The number of anilines is 1. The zero-order chi connectivity index (χ0) is 12.7. The van der Waals surface area contributed by atoms with Crippen LogP contribution in [0.2, 0.25) is 0 Å². The van der Waals surface area contributed by atoms with E-state index in [-0.39, 0.29) is 5.91 Å². The van der Waals surface area contributed by atoms with E-state index in [1.807, 2.05) is 30.3 Å². The van der Waals surface area contributed by atoms with E-state index in [0.717, 1.165) is 11.4 Å². The number of hydrogen-bond donors (Lipinski definition) is 1. The number of benzene rings is 1. The first kappa shape index (κ1) is 14.7. The smallest absolute Gasteiger partial charge is 0.246 e. The summed E-state index contributed by atoms with van der Waals surface area (Å²) in [6.45, 7) is 1.72. The minimum Gasteiger partial charge on any atom is -0.325 e. The molecule has 1 aromatic rings. The molecule has 0 aromatic heterocycles. The molecule has 2 nitrogen and oxygen atoms in total. The summed E-state index contributed by atoms with van der Waals surface area (Å²) in [6.07, 6.45) is 0.